The van der Waals surface area contributed by atoms with Crippen molar-refractivity contribution in [2.24, 2.45) is 0 Å². The molecule has 1 amide bonds. The molecule has 2 N–H and O–H groups in total. The molecule has 1 aliphatic rings. The SMILES string of the molecule is CNCC(=O)NCC(c1ccccc1)N1CCc2sccc2C1.Cl. The molecule has 1 atom stereocenters. The lowest BCUT2D eigenvalue weighted by Crippen LogP contribution is -2.42. The summed E-state index contributed by atoms with van der Waals surface area (Å²) in [7, 11) is 1.79. The molecular formula is C18H24ClN3OS. The van der Waals surface area contributed by atoms with E-state index in [-0.39, 0.29) is 24.4 Å². The quantitative estimate of drug-likeness (QED) is 0.827. The highest BCUT2D eigenvalue weighted by Crippen LogP contribution is 2.30. The first-order valence-electron chi connectivity index (χ1n) is 8.03. The average Bonchev–Trinajstić information content (AvgIpc) is 3.04. The Hall–Kier alpha value is -1.40. The summed E-state index contributed by atoms with van der Waals surface area (Å²) in [6, 6.07) is 12.9. The van der Waals surface area contributed by atoms with Crippen LogP contribution in [0.25, 0.3) is 0 Å². The van der Waals surface area contributed by atoms with Crippen LogP contribution >= 0.6 is 23.7 Å². The van der Waals surface area contributed by atoms with E-state index in [0.29, 0.717) is 13.1 Å². The van der Waals surface area contributed by atoms with E-state index in [1.165, 1.54) is 16.0 Å². The third-order valence-corrected chi connectivity index (χ3v) is 5.32. The van der Waals surface area contributed by atoms with Gasteiger partial charge in [-0.3, -0.25) is 9.69 Å². The molecule has 6 heteroatoms. The lowest BCUT2D eigenvalue weighted by Gasteiger charge is -2.35. The summed E-state index contributed by atoms with van der Waals surface area (Å²) in [5.74, 6) is 0.0432. The third-order valence-electron chi connectivity index (χ3n) is 4.29. The van der Waals surface area contributed by atoms with Crippen molar-refractivity contribution in [3.05, 3.63) is 57.8 Å². The van der Waals surface area contributed by atoms with Crippen molar-refractivity contribution in [2.75, 3.05) is 26.7 Å². The van der Waals surface area contributed by atoms with Gasteiger partial charge in [-0.1, -0.05) is 30.3 Å². The molecule has 0 saturated heterocycles. The highest BCUT2D eigenvalue weighted by molar-refractivity contribution is 7.10. The Bertz CT molecular complexity index is 647. The largest absolute Gasteiger partial charge is 0.353 e. The van der Waals surface area contributed by atoms with Crippen LogP contribution in [0, 0.1) is 0 Å². The summed E-state index contributed by atoms with van der Waals surface area (Å²) < 4.78 is 0. The number of amides is 1. The van der Waals surface area contributed by atoms with E-state index in [1.54, 1.807) is 7.05 Å². The lowest BCUT2D eigenvalue weighted by molar-refractivity contribution is -0.120. The van der Waals surface area contributed by atoms with Crippen LogP contribution in [0.3, 0.4) is 0 Å². The highest BCUT2D eigenvalue weighted by atomic mass is 35.5. The minimum absolute atomic E-state index is 0. The fraction of sp³-hybridized carbons (Fsp3) is 0.389. The van der Waals surface area contributed by atoms with E-state index in [1.807, 2.05) is 17.4 Å². The summed E-state index contributed by atoms with van der Waals surface area (Å²) >= 11 is 1.86. The molecule has 2 aromatic rings. The van der Waals surface area contributed by atoms with E-state index >= 15 is 0 Å². The van der Waals surface area contributed by atoms with Crippen molar-refractivity contribution in [1.82, 2.24) is 15.5 Å². The zero-order valence-electron chi connectivity index (χ0n) is 13.8. The Morgan fingerprint density at radius 2 is 2.08 bits per heavy atom. The number of thiophene rings is 1. The molecule has 0 fully saturated rings. The molecule has 1 aliphatic heterocycles. The Morgan fingerprint density at radius 3 is 2.83 bits per heavy atom. The number of likely N-dealkylation sites (N-methyl/N-ethyl adjacent to an activating group) is 1. The first-order valence-corrected chi connectivity index (χ1v) is 8.91. The maximum atomic E-state index is 11.8. The zero-order valence-corrected chi connectivity index (χ0v) is 15.5. The molecule has 2 heterocycles. The van der Waals surface area contributed by atoms with Gasteiger partial charge in [0.1, 0.15) is 0 Å². The standard InChI is InChI=1S/C18H23N3OS.ClH/c1-19-12-18(22)20-11-16(14-5-3-2-4-6-14)21-9-7-17-15(13-21)8-10-23-17;/h2-6,8,10,16,19H,7,9,11-13H2,1H3,(H,20,22);1H. The van der Waals surface area contributed by atoms with Crippen LogP contribution in [-0.4, -0.2) is 37.5 Å². The topological polar surface area (TPSA) is 44.4 Å². The first-order chi connectivity index (χ1) is 11.3. The molecule has 1 aromatic carbocycles. The number of hydrogen-bond donors (Lipinski definition) is 2. The van der Waals surface area contributed by atoms with Gasteiger partial charge in [0, 0.05) is 24.5 Å². The van der Waals surface area contributed by atoms with Gasteiger partial charge in [-0.15, -0.1) is 23.7 Å². The van der Waals surface area contributed by atoms with Crippen LogP contribution in [0.1, 0.15) is 22.0 Å². The number of nitrogens with one attached hydrogen (secondary N) is 2. The lowest BCUT2D eigenvalue weighted by atomic mass is 10.0. The summed E-state index contributed by atoms with van der Waals surface area (Å²) in [5, 5.41) is 8.13. The van der Waals surface area contributed by atoms with Gasteiger partial charge in [-0.05, 0) is 36.0 Å². The van der Waals surface area contributed by atoms with Crippen molar-refractivity contribution >= 4 is 29.7 Å². The predicted molar refractivity (Wildman–Crippen MR) is 102 cm³/mol. The van der Waals surface area contributed by atoms with Gasteiger partial charge in [0.2, 0.25) is 5.91 Å². The number of halogens is 1. The number of rotatable bonds is 6. The molecule has 4 nitrogen and oxygen atoms in total. The Balaban J connectivity index is 0.00000208. The Morgan fingerprint density at radius 1 is 1.29 bits per heavy atom. The molecule has 24 heavy (non-hydrogen) atoms. The first kappa shape index (κ1) is 18.9. The Labute approximate surface area is 153 Å². The van der Waals surface area contributed by atoms with Gasteiger partial charge in [-0.25, -0.2) is 0 Å². The van der Waals surface area contributed by atoms with Gasteiger partial charge in [0.15, 0.2) is 0 Å². The van der Waals surface area contributed by atoms with Gasteiger partial charge in [0.25, 0.3) is 0 Å². The molecule has 130 valence electrons. The second-order valence-corrected chi connectivity index (χ2v) is 6.85. The molecule has 0 bridgehead atoms. The summed E-state index contributed by atoms with van der Waals surface area (Å²) in [6.45, 7) is 3.00. The van der Waals surface area contributed by atoms with Crippen molar-refractivity contribution in [3.8, 4) is 0 Å². The normalized spacial score (nSPS) is 15.2. The number of carbonyl (C=O) groups is 1. The van der Waals surface area contributed by atoms with E-state index in [2.05, 4.69) is 51.2 Å². The maximum Gasteiger partial charge on any atom is 0.234 e. The van der Waals surface area contributed by atoms with Gasteiger partial charge < -0.3 is 10.6 Å². The second-order valence-electron chi connectivity index (χ2n) is 5.85. The number of benzene rings is 1. The molecule has 3 rings (SSSR count). The fourth-order valence-corrected chi connectivity index (χ4v) is 3.99. The summed E-state index contributed by atoms with van der Waals surface area (Å²) in [5.41, 5.74) is 2.69. The predicted octanol–water partition coefficient (Wildman–Crippen LogP) is 2.60. The van der Waals surface area contributed by atoms with E-state index in [4.69, 9.17) is 0 Å². The third kappa shape index (κ3) is 4.57. The fourth-order valence-electron chi connectivity index (χ4n) is 3.10. The minimum Gasteiger partial charge on any atom is -0.353 e. The molecule has 0 aliphatic carbocycles. The van der Waals surface area contributed by atoms with Crippen LogP contribution in [0.15, 0.2) is 41.8 Å². The maximum absolute atomic E-state index is 11.8. The molecule has 0 radical (unpaired) electrons. The summed E-state index contributed by atoms with van der Waals surface area (Å²) in [6.07, 6.45) is 1.10. The van der Waals surface area contributed by atoms with Crippen LogP contribution in [0.5, 0.6) is 0 Å². The van der Waals surface area contributed by atoms with Crippen molar-refractivity contribution in [1.29, 1.82) is 0 Å². The van der Waals surface area contributed by atoms with Crippen LogP contribution < -0.4 is 10.6 Å². The van der Waals surface area contributed by atoms with Crippen molar-refractivity contribution < 1.29 is 4.79 Å². The number of hydrogen-bond acceptors (Lipinski definition) is 4. The molecule has 1 unspecified atom stereocenters. The van der Waals surface area contributed by atoms with Gasteiger partial charge in [0.05, 0.1) is 12.6 Å². The smallest absolute Gasteiger partial charge is 0.234 e. The number of fused-ring (bicyclic) bond motifs is 1. The monoisotopic (exact) mass is 365 g/mol. The number of nitrogens with zero attached hydrogens (tertiary/aromatic N) is 1. The van der Waals surface area contributed by atoms with Crippen molar-refractivity contribution in [3.63, 3.8) is 0 Å². The van der Waals surface area contributed by atoms with Gasteiger partial charge >= 0.3 is 0 Å². The van der Waals surface area contributed by atoms with Gasteiger partial charge in [-0.2, -0.15) is 0 Å². The number of carbonyl (C=O) groups excluding carboxylic acids is 1. The summed E-state index contributed by atoms with van der Waals surface area (Å²) in [4.78, 5) is 15.8. The Kier molecular flexibility index (Phi) is 7.24. The van der Waals surface area contributed by atoms with E-state index in [0.717, 1.165) is 19.5 Å². The van der Waals surface area contributed by atoms with Crippen LogP contribution in [0.2, 0.25) is 0 Å². The van der Waals surface area contributed by atoms with Crippen molar-refractivity contribution in [2.45, 2.75) is 19.0 Å². The van der Waals surface area contributed by atoms with Crippen LogP contribution in [0.4, 0.5) is 0 Å². The second kappa shape index (κ2) is 9.18. The highest BCUT2D eigenvalue weighted by Gasteiger charge is 2.25. The molecule has 0 saturated carbocycles. The zero-order chi connectivity index (χ0) is 16.1. The van der Waals surface area contributed by atoms with E-state index in [9.17, 15) is 4.79 Å². The minimum atomic E-state index is 0. The molecular weight excluding hydrogens is 342 g/mol. The van der Waals surface area contributed by atoms with E-state index < -0.39 is 0 Å². The molecule has 1 aromatic heterocycles. The average molecular weight is 366 g/mol. The molecule has 0 spiro atoms. The van der Waals surface area contributed by atoms with Crippen LogP contribution in [-0.2, 0) is 17.8 Å².